The highest BCUT2D eigenvalue weighted by Gasteiger charge is 2.18. The average Bonchev–Trinajstić information content (AvgIpc) is 2.90. The molecule has 0 fully saturated rings. The molecule has 0 saturated heterocycles. The second-order valence-electron chi connectivity index (χ2n) is 5.14. The van der Waals surface area contributed by atoms with Crippen molar-refractivity contribution < 1.29 is 4.79 Å². The van der Waals surface area contributed by atoms with E-state index in [4.69, 9.17) is 23.2 Å². The Morgan fingerprint density at radius 1 is 1.23 bits per heavy atom. The third kappa shape index (κ3) is 4.99. The summed E-state index contributed by atoms with van der Waals surface area (Å²) in [7, 11) is 1.93. The van der Waals surface area contributed by atoms with Crippen LogP contribution in [0.4, 0.5) is 0 Å². The van der Waals surface area contributed by atoms with E-state index in [1.54, 1.807) is 0 Å². The Morgan fingerprint density at radius 2 is 1.91 bits per heavy atom. The summed E-state index contributed by atoms with van der Waals surface area (Å²) in [6, 6.07) is 11.1. The van der Waals surface area contributed by atoms with Crippen molar-refractivity contribution in [3.63, 3.8) is 0 Å². The highest BCUT2D eigenvalue weighted by Crippen LogP contribution is 2.22. The fourth-order valence-electron chi connectivity index (χ4n) is 1.96. The van der Waals surface area contributed by atoms with Crippen LogP contribution in [0.25, 0.3) is 0 Å². The molecule has 1 heterocycles. The van der Waals surface area contributed by atoms with Crippen molar-refractivity contribution in [1.29, 1.82) is 0 Å². The maximum atomic E-state index is 12.2. The van der Waals surface area contributed by atoms with Crippen LogP contribution in [0.3, 0.4) is 0 Å². The standard InChI is InChI=1S/C16H18Cl2N2OS/c1-11(20(2)10-14-7-8-15(18)22-14)16(21)19-9-12-3-5-13(17)6-4-12/h3-8,11H,9-10H2,1-2H3,(H,19,21)/t11-/m1/s1. The number of thiophene rings is 1. The molecule has 3 nitrogen and oxygen atoms in total. The van der Waals surface area contributed by atoms with Crippen LogP contribution in [0.1, 0.15) is 17.4 Å². The number of carbonyl (C=O) groups excluding carboxylic acids is 1. The summed E-state index contributed by atoms with van der Waals surface area (Å²) in [6.45, 7) is 3.10. The molecular weight excluding hydrogens is 339 g/mol. The second-order valence-corrected chi connectivity index (χ2v) is 7.38. The fraction of sp³-hybridized carbons (Fsp3) is 0.312. The van der Waals surface area contributed by atoms with Gasteiger partial charge in [-0.2, -0.15) is 0 Å². The number of nitrogens with one attached hydrogen (secondary N) is 1. The number of rotatable bonds is 6. The average molecular weight is 357 g/mol. The zero-order valence-electron chi connectivity index (χ0n) is 12.5. The lowest BCUT2D eigenvalue weighted by molar-refractivity contribution is -0.125. The molecule has 0 saturated carbocycles. The number of likely N-dealkylation sites (N-methyl/N-ethyl adjacent to an activating group) is 1. The number of amides is 1. The second kappa shape index (κ2) is 7.97. The Bertz CT molecular complexity index is 627. The summed E-state index contributed by atoms with van der Waals surface area (Å²) < 4.78 is 0.767. The monoisotopic (exact) mass is 356 g/mol. The summed E-state index contributed by atoms with van der Waals surface area (Å²) in [4.78, 5) is 15.4. The minimum Gasteiger partial charge on any atom is -0.351 e. The van der Waals surface area contributed by atoms with Gasteiger partial charge in [0, 0.05) is 23.0 Å². The molecular formula is C16H18Cl2N2OS. The summed E-state index contributed by atoms with van der Waals surface area (Å²) in [5.41, 5.74) is 1.03. The van der Waals surface area contributed by atoms with Gasteiger partial charge < -0.3 is 5.32 Å². The molecule has 0 radical (unpaired) electrons. The van der Waals surface area contributed by atoms with Gasteiger partial charge in [0.15, 0.2) is 0 Å². The third-order valence-corrected chi connectivity index (χ3v) is 4.92. The predicted molar refractivity (Wildman–Crippen MR) is 93.6 cm³/mol. The van der Waals surface area contributed by atoms with Crippen molar-refractivity contribution in [3.05, 3.63) is 56.2 Å². The smallest absolute Gasteiger partial charge is 0.237 e. The van der Waals surface area contributed by atoms with Crippen LogP contribution in [-0.2, 0) is 17.9 Å². The van der Waals surface area contributed by atoms with E-state index < -0.39 is 0 Å². The van der Waals surface area contributed by atoms with E-state index in [0.717, 1.165) is 14.8 Å². The lowest BCUT2D eigenvalue weighted by Gasteiger charge is -2.23. The molecule has 22 heavy (non-hydrogen) atoms. The molecule has 0 unspecified atom stereocenters. The molecule has 0 spiro atoms. The Hall–Kier alpha value is -1.07. The Morgan fingerprint density at radius 3 is 2.50 bits per heavy atom. The highest BCUT2D eigenvalue weighted by atomic mass is 35.5. The summed E-state index contributed by atoms with van der Waals surface area (Å²) in [5.74, 6) is 0.0000954. The van der Waals surface area contributed by atoms with Gasteiger partial charge in [-0.05, 0) is 43.8 Å². The van der Waals surface area contributed by atoms with Gasteiger partial charge in [-0.1, -0.05) is 35.3 Å². The van der Waals surface area contributed by atoms with Crippen LogP contribution in [0.5, 0.6) is 0 Å². The van der Waals surface area contributed by atoms with Gasteiger partial charge in [-0.3, -0.25) is 9.69 Å². The Labute approximate surface area is 144 Å². The van der Waals surface area contributed by atoms with Crippen molar-refractivity contribution in [1.82, 2.24) is 10.2 Å². The van der Waals surface area contributed by atoms with Gasteiger partial charge in [0.05, 0.1) is 10.4 Å². The molecule has 1 amide bonds. The number of carbonyl (C=O) groups is 1. The molecule has 6 heteroatoms. The number of hydrogen-bond donors (Lipinski definition) is 1. The van der Waals surface area contributed by atoms with Gasteiger partial charge in [-0.25, -0.2) is 0 Å². The highest BCUT2D eigenvalue weighted by molar-refractivity contribution is 7.16. The lowest BCUT2D eigenvalue weighted by atomic mass is 10.2. The number of benzene rings is 1. The van der Waals surface area contributed by atoms with Gasteiger partial charge in [-0.15, -0.1) is 11.3 Å². The van der Waals surface area contributed by atoms with E-state index in [-0.39, 0.29) is 11.9 Å². The molecule has 1 aromatic heterocycles. The van der Waals surface area contributed by atoms with Crippen LogP contribution in [0, 0.1) is 0 Å². The molecule has 0 bridgehead atoms. The zero-order chi connectivity index (χ0) is 16.1. The van der Waals surface area contributed by atoms with Gasteiger partial charge >= 0.3 is 0 Å². The van der Waals surface area contributed by atoms with Crippen molar-refractivity contribution in [2.45, 2.75) is 26.1 Å². The molecule has 118 valence electrons. The normalized spacial score (nSPS) is 12.4. The topological polar surface area (TPSA) is 32.3 Å². The molecule has 2 aromatic rings. The molecule has 1 atom stereocenters. The molecule has 1 N–H and O–H groups in total. The Kier molecular flexibility index (Phi) is 6.26. The SMILES string of the molecule is C[C@H](C(=O)NCc1ccc(Cl)cc1)N(C)Cc1ccc(Cl)s1. The predicted octanol–water partition coefficient (Wildman–Crippen LogP) is 4.19. The molecule has 0 aliphatic heterocycles. The largest absolute Gasteiger partial charge is 0.351 e. The maximum Gasteiger partial charge on any atom is 0.237 e. The molecule has 0 aliphatic rings. The number of halogens is 2. The number of nitrogens with zero attached hydrogens (tertiary/aromatic N) is 1. The van der Waals surface area contributed by atoms with Gasteiger partial charge in [0.25, 0.3) is 0 Å². The molecule has 2 rings (SSSR count). The summed E-state index contributed by atoms with van der Waals surface area (Å²) in [5, 5.41) is 3.64. The van der Waals surface area contributed by atoms with Crippen molar-refractivity contribution in [2.24, 2.45) is 0 Å². The zero-order valence-corrected chi connectivity index (χ0v) is 14.8. The Balaban J connectivity index is 1.84. The van der Waals surface area contributed by atoms with Crippen LogP contribution in [0.2, 0.25) is 9.36 Å². The lowest BCUT2D eigenvalue weighted by Crippen LogP contribution is -2.42. The quantitative estimate of drug-likeness (QED) is 0.841. The van der Waals surface area contributed by atoms with Gasteiger partial charge in [0.1, 0.15) is 0 Å². The van der Waals surface area contributed by atoms with Crippen LogP contribution in [-0.4, -0.2) is 23.9 Å². The van der Waals surface area contributed by atoms with E-state index in [0.29, 0.717) is 18.1 Å². The fourth-order valence-corrected chi connectivity index (χ4v) is 3.24. The van der Waals surface area contributed by atoms with E-state index in [1.165, 1.54) is 11.3 Å². The van der Waals surface area contributed by atoms with Crippen LogP contribution in [0.15, 0.2) is 36.4 Å². The van der Waals surface area contributed by atoms with Crippen molar-refractivity contribution in [3.8, 4) is 0 Å². The van der Waals surface area contributed by atoms with Crippen LogP contribution < -0.4 is 5.32 Å². The number of hydrogen-bond acceptors (Lipinski definition) is 3. The van der Waals surface area contributed by atoms with E-state index >= 15 is 0 Å². The van der Waals surface area contributed by atoms with E-state index in [1.807, 2.05) is 55.3 Å². The van der Waals surface area contributed by atoms with Crippen molar-refractivity contribution >= 4 is 40.4 Å². The summed E-state index contributed by atoms with van der Waals surface area (Å²) >= 11 is 13.3. The molecule has 0 aliphatic carbocycles. The first-order chi connectivity index (χ1) is 10.5. The molecule has 1 aromatic carbocycles. The van der Waals surface area contributed by atoms with Gasteiger partial charge in [0.2, 0.25) is 5.91 Å². The maximum absolute atomic E-state index is 12.2. The third-order valence-electron chi connectivity index (χ3n) is 3.45. The van der Waals surface area contributed by atoms with Crippen LogP contribution >= 0.6 is 34.5 Å². The first-order valence-electron chi connectivity index (χ1n) is 6.92. The van der Waals surface area contributed by atoms with E-state index in [2.05, 4.69) is 5.32 Å². The minimum atomic E-state index is -0.215. The van der Waals surface area contributed by atoms with Crippen molar-refractivity contribution in [2.75, 3.05) is 7.05 Å². The summed E-state index contributed by atoms with van der Waals surface area (Å²) in [6.07, 6.45) is 0. The minimum absolute atomic E-state index is 0.0000954. The first kappa shape index (κ1) is 17.3. The first-order valence-corrected chi connectivity index (χ1v) is 8.49. The van der Waals surface area contributed by atoms with E-state index in [9.17, 15) is 4.79 Å².